The standard InChI is InChI=1S/C8H17NO2/c1-6(8(10)11-3)4-5-7(2)9/h6-7H,4-5,9H2,1-3H3. The van der Waals surface area contributed by atoms with E-state index in [-0.39, 0.29) is 17.9 Å². The van der Waals surface area contributed by atoms with Gasteiger partial charge >= 0.3 is 5.97 Å². The van der Waals surface area contributed by atoms with Crippen molar-refractivity contribution in [2.45, 2.75) is 32.7 Å². The lowest BCUT2D eigenvalue weighted by atomic mass is 10.0. The van der Waals surface area contributed by atoms with Crippen LogP contribution in [-0.4, -0.2) is 19.1 Å². The highest BCUT2D eigenvalue weighted by molar-refractivity contribution is 5.71. The van der Waals surface area contributed by atoms with Crippen molar-refractivity contribution in [2.75, 3.05) is 7.11 Å². The van der Waals surface area contributed by atoms with Crippen molar-refractivity contribution in [1.29, 1.82) is 0 Å². The van der Waals surface area contributed by atoms with Crippen LogP contribution >= 0.6 is 0 Å². The molecule has 2 unspecified atom stereocenters. The smallest absolute Gasteiger partial charge is 0.308 e. The molecule has 0 heterocycles. The number of hydrogen-bond donors (Lipinski definition) is 1. The first-order valence-corrected chi connectivity index (χ1v) is 3.91. The van der Waals surface area contributed by atoms with Gasteiger partial charge in [-0.25, -0.2) is 0 Å². The third-order valence-electron chi connectivity index (χ3n) is 1.66. The van der Waals surface area contributed by atoms with E-state index in [4.69, 9.17) is 5.73 Å². The summed E-state index contributed by atoms with van der Waals surface area (Å²) < 4.78 is 4.56. The molecule has 66 valence electrons. The second-order valence-electron chi connectivity index (χ2n) is 2.98. The van der Waals surface area contributed by atoms with Gasteiger partial charge in [-0.15, -0.1) is 0 Å². The summed E-state index contributed by atoms with van der Waals surface area (Å²) in [5.41, 5.74) is 5.53. The van der Waals surface area contributed by atoms with Gasteiger partial charge in [0.1, 0.15) is 0 Å². The molecule has 0 aliphatic rings. The summed E-state index contributed by atoms with van der Waals surface area (Å²) in [4.78, 5) is 10.9. The Bertz CT molecular complexity index is 123. The Hall–Kier alpha value is -0.570. The van der Waals surface area contributed by atoms with Crippen LogP contribution in [0.15, 0.2) is 0 Å². The fourth-order valence-corrected chi connectivity index (χ4v) is 0.832. The van der Waals surface area contributed by atoms with Gasteiger partial charge in [-0.1, -0.05) is 6.92 Å². The second-order valence-corrected chi connectivity index (χ2v) is 2.98. The maximum atomic E-state index is 10.9. The van der Waals surface area contributed by atoms with Crippen LogP contribution < -0.4 is 5.73 Å². The Morgan fingerprint density at radius 1 is 1.45 bits per heavy atom. The fraction of sp³-hybridized carbons (Fsp3) is 0.875. The van der Waals surface area contributed by atoms with Gasteiger partial charge in [-0.05, 0) is 19.8 Å². The van der Waals surface area contributed by atoms with Crippen molar-refractivity contribution < 1.29 is 9.53 Å². The molecule has 0 aliphatic carbocycles. The van der Waals surface area contributed by atoms with Crippen LogP contribution in [0.5, 0.6) is 0 Å². The van der Waals surface area contributed by atoms with E-state index < -0.39 is 0 Å². The van der Waals surface area contributed by atoms with Crippen LogP contribution in [0.25, 0.3) is 0 Å². The lowest BCUT2D eigenvalue weighted by Gasteiger charge is -2.09. The Balaban J connectivity index is 3.52. The summed E-state index contributed by atoms with van der Waals surface area (Å²) in [6.45, 7) is 3.79. The van der Waals surface area contributed by atoms with Crippen molar-refractivity contribution in [1.82, 2.24) is 0 Å². The quantitative estimate of drug-likeness (QED) is 0.621. The number of nitrogens with two attached hydrogens (primary N) is 1. The molecule has 3 heteroatoms. The van der Waals surface area contributed by atoms with Gasteiger partial charge < -0.3 is 10.5 Å². The second kappa shape index (κ2) is 5.13. The molecule has 0 saturated heterocycles. The Morgan fingerprint density at radius 3 is 2.36 bits per heavy atom. The summed E-state index contributed by atoms with van der Waals surface area (Å²) in [6, 6.07) is 0.169. The van der Waals surface area contributed by atoms with Crippen molar-refractivity contribution in [2.24, 2.45) is 11.7 Å². The zero-order chi connectivity index (χ0) is 8.85. The van der Waals surface area contributed by atoms with E-state index in [2.05, 4.69) is 4.74 Å². The average molecular weight is 159 g/mol. The maximum absolute atomic E-state index is 10.9. The molecule has 0 amide bonds. The van der Waals surface area contributed by atoms with E-state index in [0.717, 1.165) is 12.8 Å². The van der Waals surface area contributed by atoms with Crippen molar-refractivity contribution >= 4 is 5.97 Å². The molecule has 2 atom stereocenters. The average Bonchev–Trinajstić information content (AvgIpc) is 1.98. The van der Waals surface area contributed by atoms with Crippen LogP contribution in [0.2, 0.25) is 0 Å². The first kappa shape index (κ1) is 10.4. The van der Waals surface area contributed by atoms with E-state index in [1.807, 2.05) is 13.8 Å². The highest BCUT2D eigenvalue weighted by Crippen LogP contribution is 2.08. The van der Waals surface area contributed by atoms with Gasteiger partial charge in [-0.2, -0.15) is 0 Å². The lowest BCUT2D eigenvalue weighted by molar-refractivity contribution is -0.145. The van der Waals surface area contributed by atoms with E-state index in [0.29, 0.717) is 0 Å². The minimum absolute atomic E-state index is 0.0222. The summed E-state index contributed by atoms with van der Waals surface area (Å²) in [5, 5.41) is 0. The zero-order valence-electron chi connectivity index (χ0n) is 7.46. The summed E-state index contributed by atoms with van der Waals surface area (Å²) in [6.07, 6.45) is 1.68. The number of hydrogen-bond acceptors (Lipinski definition) is 3. The van der Waals surface area contributed by atoms with Crippen molar-refractivity contribution in [3.05, 3.63) is 0 Å². The molecule has 0 radical (unpaired) electrons. The van der Waals surface area contributed by atoms with E-state index in [9.17, 15) is 4.79 Å². The Morgan fingerprint density at radius 2 is 2.00 bits per heavy atom. The molecular weight excluding hydrogens is 142 g/mol. The number of methoxy groups -OCH3 is 1. The molecule has 0 bridgehead atoms. The molecule has 0 saturated carbocycles. The summed E-state index contributed by atoms with van der Waals surface area (Å²) in [7, 11) is 1.41. The first-order chi connectivity index (χ1) is 5.07. The molecule has 0 rings (SSSR count). The molecule has 0 aromatic carbocycles. The largest absolute Gasteiger partial charge is 0.469 e. The molecule has 0 fully saturated rings. The monoisotopic (exact) mass is 159 g/mol. The topological polar surface area (TPSA) is 52.3 Å². The predicted molar refractivity (Wildman–Crippen MR) is 44.1 cm³/mol. The van der Waals surface area contributed by atoms with Crippen LogP contribution in [0.1, 0.15) is 26.7 Å². The molecule has 11 heavy (non-hydrogen) atoms. The third-order valence-corrected chi connectivity index (χ3v) is 1.66. The molecule has 0 aromatic heterocycles. The van der Waals surface area contributed by atoms with Gasteiger partial charge in [0.05, 0.1) is 13.0 Å². The fourth-order valence-electron chi connectivity index (χ4n) is 0.832. The number of rotatable bonds is 4. The highest BCUT2D eigenvalue weighted by Gasteiger charge is 2.12. The van der Waals surface area contributed by atoms with Crippen molar-refractivity contribution in [3.63, 3.8) is 0 Å². The maximum Gasteiger partial charge on any atom is 0.308 e. The normalized spacial score (nSPS) is 15.6. The van der Waals surface area contributed by atoms with Crippen molar-refractivity contribution in [3.8, 4) is 0 Å². The van der Waals surface area contributed by atoms with Crippen LogP contribution in [0.4, 0.5) is 0 Å². The zero-order valence-corrected chi connectivity index (χ0v) is 7.46. The molecule has 0 aromatic rings. The number of carbonyl (C=O) groups excluding carboxylic acids is 1. The van der Waals surface area contributed by atoms with Gasteiger partial charge in [-0.3, -0.25) is 4.79 Å². The van der Waals surface area contributed by atoms with Gasteiger partial charge in [0.25, 0.3) is 0 Å². The van der Waals surface area contributed by atoms with Gasteiger partial charge in [0, 0.05) is 6.04 Å². The van der Waals surface area contributed by atoms with E-state index in [1.165, 1.54) is 7.11 Å². The summed E-state index contributed by atoms with van der Waals surface area (Å²) >= 11 is 0. The molecule has 0 aliphatic heterocycles. The Labute approximate surface area is 67.9 Å². The minimum atomic E-state index is -0.148. The van der Waals surface area contributed by atoms with Crippen LogP contribution in [0.3, 0.4) is 0 Å². The molecule has 0 spiro atoms. The number of carbonyl (C=O) groups is 1. The minimum Gasteiger partial charge on any atom is -0.469 e. The highest BCUT2D eigenvalue weighted by atomic mass is 16.5. The van der Waals surface area contributed by atoms with Gasteiger partial charge in [0.2, 0.25) is 0 Å². The summed E-state index contributed by atoms with van der Waals surface area (Å²) in [5.74, 6) is -0.170. The number of ether oxygens (including phenoxy) is 1. The predicted octanol–water partition coefficient (Wildman–Crippen LogP) is 0.923. The van der Waals surface area contributed by atoms with Crippen LogP contribution in [0, 0.1) is 5.92 Å². The Kier molecular flexibility index (Phi) is 4.86. The SMILES string of the molecule is COC(=O)C(C)CCC(C)N. The van der Waals surface area contributed by atoms with Gasteiger partial charge in [0.15, 0.2) is 0 Å². The molecule has 2 N–H and O–H groups in total. The first-order valence-electron chi connectivity index (χ1n) is 3.91. The molecular formula is C8H17NO2. The third kappa shape index (κ3) is 4.79. The lowest BCUT2D eigenvalue weighted by Crippen LogP contribution is -2.19. The number of esters is 1. The van der Waals surface area contributed by atoms with Crippen LogP contribution in [-0.2, 0) is 9.53 Å². The molecule has 3 nitrogen and oxygen atoms in total. The van der Waals surface area contributed by atoms with E-state index in [1.54, 1.807) is 0 Å². The van der Waals surface area contributed by atoms with E-state index >= 15 is 0 Å².